The van der Waals surface area contributed by atoms with E-state index in [0.29, 0.717) is 0 Å². The van der Waals surface area contributed by atoms with Crippen molar-refractivity contribution in [2.24, 2.45) is 5.73 Å². The van der Waals surface area contributed by atoms with E-state index in [1.54, 1.807) is 0 Å². The van der Waals surface area contributed by atoms with Crippen LogP contribution in [0.1, 0.15) is 6.42 Å². The van der Waals surface area contributed by atoms with Gasteiger partial charge in [-0.05, 0) is 0 Å². The molecule has 0 radical (unpaired) electrons. The maximum atomic E-state index is 10.4. The molecule has 6 nitrogen and oxygen atoms in total. The van der Waals surface area contributed by atoms with Crippen molar-refractivity contribution in [2.75, 3.05) is 6.61 Å². The number of nitrogens with one attached hydrogen (secondary N) is 1. The number of nitrogens with two attached hydrogens (primary N) is 1. The van der Waals surface area contributed by atoms with Crippen molar-refractivity contribution in [1.29, 1.82) is 0 Å². The smallest absolute Gasteiger partial charge is 0.348 e. The van der Waals surface area contributed by atoms with Crippen LogP contribution in [0.3, 0.4) is 0 Å². The van der Waals surface area contributed by atoms with E-state index in [4.69, 9.17) is 10.8 Å². The third kappa shape index (κ3) is 4.26. The van der Waals surface area contributed by atoms with Crippen molar-refractivity contribution in [3.63, 3.8) is 0 Å². The predicted molar refractivity (Wildman–Crippen MR) is 39.3 cm³/mol. The van der Waals surface area contributed by atoms with Crippen molar-refractivity contribution in [3.05, 3.63) is 0 Å². The fourth-order valence-corrected chi connectivity index (χ4v) is 0.628. The van der Waals surface area contributed by atoms with Gasteiger partial charge in [0, 0.05) is 6.42 Å². The molecule has 0 aromatic rings. The Hall–Kier alpha value is -1.59. The van der Waals surface area contributed by atoms with Crippen LogP contribution < -0.4 is 10.7 Å². The SMILES string of the molecule is NC=[NH+]C(CCOC=O)C(=O)O. The van der Waals surface area contributed by atoms with Crippen LogP contribution >= 0.6 is 0 Å². The first-order valence-electron chi connectivity index (χ1n) is 3.30. The van der Waals surface area contributed by atoms with Gasteiger partial charge in [-0.2, -0.15) is 0 Å². The van der Waals surface area contributed by atoms with E-state index in [1.165, 1.54) is 0 Å². The minimum absolute atomic E-state index is 0.0569. The molecule has 0 bridgehead atoms. The van der Waals surface area contributed by atoms with Gasteiger partial charge in [-0.25, -0.2) is 4.79 Å². The summed E-state index contributed by atoms with van der Waals surface area (Å²) >= 11 is 0. The third-order valence-electron chi connectivity index (χ3n) is 1.19. The lowest BCUT2D eigenvalue weighted by Gasteiger charge is -2.02. The van der Waals surface area contributed by atoms with Gasteiger partial charge in [0.2, 0.25) is 6.34 Å². The maximum absolute atomic E-state index is 10.4. The Morgan fingerprint density at radius 1 is 1.75 bits per heavy atom. The summed E-state index contributed by atoms with van der Waals surface area (Å²) in [6.45, 7) is 0.326. The summed E-state index contributed by atoms with van der Waals surface area (Å²) in [6, 6.07) is -0.810. The summed E-state index contributed by atoms with van der Waals surface area (Å²) in [6.07, 6.45) is 1.22. The van der Waals surface area contributed by atoms with Crippen LogP contribution in [0.5, 0.6) is 0 Å². The monoisotopic (exact) mass is 175 g/mol. The van der Waals surface area contributed by atoms with Crippen LogP contribution in [-0.2, 0) is 14.3 Å². The lowest BCUT2D eigenvalue weighted by atomic mass is 10.2. The third-order valence-corrected chi connectivity index (χ3v) is 1.19. The Morgan fingerprint density at radius 3 is 2.83 bits per heavy atom. The second-order valence-corrected chi connectivity index (χ2v) is 1.98. The topological polar surface area (TPSA) is 104 Å². The normalized spacial score (nSPS) is 12.7. The van der Waals surface area contributed by atoms with Crippen molar-refractivity contribution in [1.82, 2.24) is 0 Å². The maximum Gasteiger partial charge on any atom is 0.348 e. The first kappa shape index (κ1) is 10.4. The number of ether oxygens (including phenoxy) is 1. The van der Waals surface area contributed by atoms with Crippen molar-refractivity contribution in [2.45, 2.75) is 12.5 Å². The van der Waals surface area contributed by atoms with Crippen LogP contribution in [0, 0.1) is 0 Å². The van der Waals surface area contributed by atoms with Crippen LogP contribution in [0.4, 0.5) is 0 Å². The molecule has 0 saturated heterocycles. The highest BCUT2D eigenvalue weighted by atomic mass is 16.5. The lowest BCUT2D eigenvalue weighted by Crippen LogP contribution is -2.80. The number of aliphatic carboxylic acids is 1. The Morgan fingerprint density at radius 2 is 2.42 bits per heavy atom. The zero-order valence-electron chi connectivity index (χ0n) is 6.40. The average Bonchev–Trinajstić information content (AvgIpc) is 2.03. The standard InChI is InChI=1S/C6H10N2O4/c7-3-8-5(6(10)11)1-2-12-4-9/h3-5H,1-2H2,(H2,7,8)(H,10,11)/p+1. The molecule has 0 fully saturated rings. The molecular formula is C6H11N2O4+. The Labute approximate surface area is 69.0 Å². The summed E-state index contributed by atoms with van der Waals surface area (Å²) in [5.74, 6) is -1.04. The largest absolute Gasteiger partial charge is 0.478 e. The first-order valence-corrected chi connectivity index (χ1v) is 3.30. The molecule has 6 heteroatoms. The predicted octanol–water partition coefficient (Wildman–Crippen LogP) is -2.93. The van der Waals surface area contributed by atoms with Gasteiger partial charge in [0.15, 0.2) is 6.04 Å². The van der Waals surface area contributed by atoms with Gasteiger partial charge in [0.05, 0.1) is 6.61 Å². The Kier molecular flexibility index (Phi) is 5.33. The van der Waals surface area contributed by atoms with E-state index >= 15 is 0 Å². The molecule has 12 heavy (non-hydrogen) atoms. The summed E-state index contributed by atoms with van der Waals surface area (Å²) in [7, 11) is 0. The molecule has 0 aliphatic carbocycles. The fourth-order valence-electron chi connectivity index (χ4n) is 0.628. The quantitative estimate of drug-likeness (QED) is 0.173. The fraction of sp³-hybridized carbons (Fsp3) is 0.500. The van der Waals surface area contributed by atoms with E-state index in [2.05, 4.69) is 9.73 Å². The van der Waals surface area contributed by atoms with Gasteiger partial charge >= 0.3 is 5.97 Å². The highest BCUT2D eigenvalue weighted by Crippen LogP contribution is 1.85. The number of carboxylic acids is 1. The zero-order valence-corrected chi connectivity index (χ0v) is 6.40. The van der Waals surface area contributed by atoms with Crippen LogP contribution in [0.2, 0.25) is 0 Å². The summed E-state index contributed by atoms with van der Waals surface area (Å²) in [5, 5.41) is 8.52. The highest BCUT2D eigenvalue weighted by molar-refractivity contribution is 5.72. The molecule has 0 amide bonds. The molecule has 0 spiro atoms. The molecule has 0 saturated carbocycles. The molecule has 0 aromatic carbocycles. The minimum atomic E-state index is -1.04. The Bertz CT molecular complexity index is 180. The molecule has 68 valence electrons. The number of rotatable bonds is 6. The molecule has 1 atom stereocenters. The molecule has 0 heterocycles. The second kappa shape index (κ2) is 6.14. The van der Waals surface area contributed by atoms with E-state index in [-0.39, 0.29) is 19.5 Å². The van der Waals surface area contributed by atoms with Gasteiger partial charge in [-0.3, -0.25) is 15.5 Å². The molecule has 0 aromatic heterocycles. The molecule has 1 unspecified atom stereocenters. The number of hydrogen-bond acceptors (Lipinski definition) is 3. The lowest BCUT2D eigenvalue weighted by molar-refractivity contribution is -0.487. The Balaban J connectivity index is 3.79. The highest BCUT2D eigenvalue weighted by Gasteiger charge is 2.16. The van der Waals surface area contributed by atoms with Gasteiger partial charge in [0.25, 0.3) is 6.47 Å². The average molecular weight is 175 g/mol. The molecule has 4 N–H and O–H groups in total. The van der Waals surface area contributed by atoms with Crippen LogP contribution in [0.25, 0.3) is 0 Å². The second-order valence-electron chi connectivity index (χ2n) is 1.98. The number of carbonyl (C=O) groups excluding carboxylic acids is 1. The first-order chi connectivity index (χ1) is 5.72. The summed E-state index contributed by atoms with van der Waals surface area (Å²) in [4.78, 5) is 22.5. The van der Waals surface area contributed by atoms with Crippen LogP contribution in [-0.4, -0.2) is 36.5 Å². The van der Waals surface area contributed by atoms with Crippen molar-refractivity contribution >= 4 is 18.8 Å². The van der Waals surface area contributed by atoms with E-state index in [1.807, 2.05) is 0 Å². The van der Waals surface area contributed by atoms with E-state index < -0.39 is 12.0 Å². The zero-order chi connectivity index (χ0) is 9.40. The minimum Gasteiger partial charge on any atom is -0.478 e. The molecule has 0 aliphatic rings. The van der Waals surface area contributed by atoms with Gasteiger partial charge in [0.1, 0.15) is 0 Å². The van der Waals surface area contributed by atoms with E-state index in [0.717, 1.165) is 6.34 Å². The summed E-state index contributed by atoms with van der Waals surface area (Å²) < 4.78 is 4.32. The van der Waals surface area contributed by atoms with Gasteiger partial charge in [-0.15, -0.1) is 0 Å². The van der Waals surface area contributed by atoms with Crippen molar-refractivity contribution in [3.8, 4) is 0 Å². The van der Waals surface area contributed by atoms with Gasteiger partial charge in [-0.1, -0.05) is 0 Å². The molecular weight excluding hydrogens is 164 g/mol. The number of hydrogen-bond donors (Lipinski definition) is 3. The molecule has 0 rings (SSSR count). The van der Waals surface area contributed by atoms with E-state index in [9.17, 15) is 9.59 Å². The number of carboxylic acid groups (broad SMARTS) is 1. The van der Waals surface area contributed by atoms with Gasteiger partial charge < -0.3 is 9.84 Å². The molecule has 0 aliphatic heterocycles. The van der Waals surface area contributed by atoms with Crippen LogP contribution in [0.15, 0.2) is 0 Å². The summed E-state index contributed by atoms with van der Waals surface area (Å²) in [5.41, 5.74) is 4.96. The van der Waals surface area contributed by atoms with Crippen molar-refractivity contribution < 1.29 is 24.4 Å². The number of carbonyl (C=O) groups is 2.